The van der Waals surface area contributed by atoms with Gasteiger partial charge in [-0.1, -0.05) is 6.07 Å². The summed E-state index contributed by atoms with van der Waals surface area (Å²) in [5, 5.41) is 16.8. The third-order valence-corrected chi connectivity index (χ3v) is 2.57. The Balaban J connectivity index is 1.97. The molecule has 0 unspecified atom stereocenters. The van der Waals surface area contributed by atoms with Crippen molar-refractivity contribution in [3.8, 4) is 5.69 Å². The Morgan fingerprint density at radius 3 is 3.05 bits per heavy atom. The molecular weight excluding hydrogens is 244 g/mol. The molecule has 0 fully saturated rings. The van der Waals surface area contributed by atoms with Crippen LogP contribution in [0.15, 0.2) is 30.6 Å². The molecule has 0 radical (unpaired) electrons. The monoisotopic (exact) mass is 260 g/mol. The van der Waals surface area contributed by atoms with Gasteiger partial charge in [0.25, 0.3) is 0 Å². The fourth-order valence-electron chi connectivity index (χ4n) is 1.65. The minimum Gasteiger partial charge on any atom is -0.326 e. The van der Waals surface area contributed by atoms with E-state index < -0.39 is 0 Å². The van der Waals surface area contributed by atoms with Gasteiger partial charge in [-0.25, -0.2) is 4.68 Å². The second kappa shape index (κ2) is 6.60. The van der Waals surface area contributed by atoms with Gasteiger partial charge in [0.05, 0.1) is 5.69 Å². The van der Waals surface area contributed by atoms with E-state index in [0.717, 1.165) is 24.3 Å². The zero-order valence-electron chi connectivity index (χ0n) is 10.7. The largest absolute Gasteiger partial charge is 0.326 e. The van der Waals surface area contributed by atoms with E-state index in [0.29, 0.717) is 6.42 Å². The van der Waals surface area contributed by atoms with Gasteiger partial charge >= 0.3 is 0 Å². The van der Waals surface area contributed by atoms with Crippen LogP contribution in [0.3, 0.4) is 0 Å². The highest BCUT2D eigenvalue weighted by Crippen LogP contribution is 2.13. The Hall–Kier alpha value is -2.28. The Labute approximate surface area is 111 Å². The molecule has 1 amide bonds. The average Bonchev–Trinajstić information content (AvgIpc) is 2.93. The Kier molecular flexibility index (Phi) is 4.57. The van der Waals surface area contributed by atoms with Crippen LogP contribution in [0.4, 0.5) is 5.69 Å². The van der Waals surface area contributed by atoms with Crippen molar-refractivity contribution >= 4 is 11.6 Å². The predicted octanol–water partition coefficient (Wildman–Crippen LogP) is 0.600. The molecule has 100 valence electrons. The number of nitrogens with zero attached hydrogens (tertiary/aromatic N) is 4. The standard InChI is InChI=1S/C12H16N6O/c1-13-7-3-6-12(19)15-10-4-2-5-11(8-10)18-9-14-16-17-18/h2,4-5,8-9,13H,3,6-7H2,1H3,(H,15,19). The second-order valence-electron chi connectivity index (χ2n) is 4.06. The number of benzene rings is 1. The van der Waals surface area contributed by atoms with Crippen LogP contribution in [-0.2, 0) is 4.79 Å². The van der Waals surface area contributed by atoms with E-state index in [1.807, 2.05) is 31.3 Å². The summed E-state index contributed by atoms with van der Waals surface area (Å²) >= 11 is 0. The molecule has 0 saturated carbocycles. The summed E-state index contributed by atoms with van der Waals surface area (Å²) in [7, 11) is 1.87. The third-order valence-electron chi connectivity index (χ3n) is 2.57. The summed E-state index contributed by atoms with van der Waals surface area (Å²) in [5.41, 5.74) is 1.54. The molecule has 0 spiro atoms. The smallest absolute Gasteiger partial charge is 0.224 e. The van der Waals surface area contributed by atoms with Gasteiger partial charge in [0.1, 0.15) is 6.33 Å². The molecule has 19 heavy (non-hydrogen) atoms. The maximum atomic E-state index is 11.7. The molecule has 7 nitrogen and oxygen atoms in total. The molecule has 0 aliphatic rings. The van der Waals surface area contributed by atoms with Crippen LogP contribution in [0, 0.1) is 0 Å². The van der Waals surface area contributed by atoms with Crippen LogP contribution < -0.4 is 10.6 Å². The summed E-state index contributed by atoms with van der Waals surface area (Å²) in [6.07, 6.45) is 2.82. The SMILES string of the molecule is CNCCCC(=O)Nc1cccc(-n2cnnn2)c1. The first-order valence-electron chi connectivity index (χ1n) is 6.07. The molecule has 1 aromatic heterocycles. The second-order valence-corrected chi connectivity index (χ2v) is 4.06. The number of carbonyl (C=O) groups is 1. The van der Waals surface area contributed by atoms with Crippen LogP contribution in [-0.4, -0.2) is 39.7 Å². The molecule has 0 bridgehead atoms. The fraction of sp³-hybridized carbons (Fsp3) is 0.333. The van der Waals surface area contributed by atoms with Crippen LogP contribution >= 0.6 is 0 Å². The van der Waals surface area contributed by atoms with E-state index in [2.05, 4.69) is 26.2 Å². The zero-order valence-corrected chi connectivity index (χ0v) is 10.7. The van der Waals surface area contributed by atoms with Gasteiger partial charge in [-0.05, 0) is 48.6 Å². The molecule has 1 aromatic carbocycles. The van der Waals surface area contributed by atoms with Crippen molar-refractivity contribution in [1.82, 2.24) is 25.5 Å². The number of hydrogen-bond acceptors (Lipinski definition) is 5. The highest BCUT2D eigenvalue weighted by molar-refractivity contribution is 5.90. The fourth-order valence-corrected chi connectivity index (χ4v) is 1.65. The van der Waals surface area contributed by atoms with Gasteiger partial charge in [-0.15, -0.1) is 5.10 Å². The highest BCUT2D eigenvalue weighted by Gasteiger charge is 2.04. The number of carbonyl (C=O) groups excluding carboxylic acids is 1. The topological polar surface area (TPSA) is 84.7 Å². The lowest BCUT2D eigenvalue weighted by molar-refractivity contribution is -0.116. The maximum Gasteiger partial charge on any atom is 0.224 e. The maximum absolute atomic E-state index is 11.7. The van der Waals surface area contributed by atoms with E-state index >= 15 is 0 Å². The van der Waals surface area contributed by atoms with Crippen molar-refractivity contribution in [3.63, 3.8) is 0 Å². The van der Waals surface area contributed by atoms with Crippen LogP contribution in [0.5, 0.6) is 0 Å². The molecule has 0 aliphatic carbocycles. The Morgan fingerprint density at radius 1 is 1.42 bits per heavy atom. The highest BCUT2D eigenvalue weighted by atomic mass is 16.1. The number of anilines is 1. The van der Waals surface area contributed by atoms with E-state index in [1.165, 1.54) is 11.0 Å². The number of aromatic nitrogens is 4. The van der Waals surface area contributed by atoms with Crippen molar-refractivity contribution in [2.24, 2.45) is 0 Å². The molecule has 1 heterocycles. The number of rotatable bonds is 6. The average molecular weight is 260 g/mol. The Bertz CT molecular complexity index is 525. The molecule has 0 atom stereocenters. The van der Waals surface area contributed by atoms with Crippen LogP contribution in [0.25, 0.3) is 5.69 Å². The molecular formula is C12H16N6O. The number of nitrogens with one attached hydrogen (secondary N) is 2. The summed E-state index contributed by atoms with van der Waals surface area (Å²) in [6.45, 7) is 0.831. The molecule has 2 aromatic rings. The molecule has 2 rings (SSSR count). The van der Waals surface area contributed by atoms with E-state index in [4.69, 9.17) is 0 Å². The molecule has 0 saturated heterocycles. The summed E-state index contributed by atoms with van der Waals surface area (Å²) in [4.78, 5) is 11.7. The van der Waals surface area contributed by atoms with Gasteiger partial charge in [0.2, 0.25) is 5.91 Å². The normalized spacial score (nSPS) is 10.4. The van der Waals surface area contributed by atoms with Crippen molar-refractivity contribution in [3.05, 3.63) is 30.6 Å². The molecule has 2 N–H and O–H groups in total. The first kappa shape index (κ1) is 13.2. The van der Waals surface area contributed by atoms with Crippen LogP contribution in [0.1, 0.15) is 12.8 Å². The predicted molar refractivity (Wildman–Crippen MR) is 70.9 cm³/mol. The van der Waals surface area contributed by atoms with Crippen molar-refractivity contribution in [2.75, 3.05) is 18.9 Å². The van der Waals surface area contributed by atoms with E-state index in [-0.39, 0.29) is 5.91 Å². The van der Waals surface area contributed by atoms with E-state index in [9.17, 15) is 4.79 Å². The van der Waals surface area contributed by atoms with Crippen molar-refractivity contribution < 1.29 is 4.79 Å². The summed E-state index contributed by atoms with van der Waals surface area (Å²) in [6, 6.07) is 7.38. The van der Waals surface area contributed by atoms with Gasteiger partial charge in [-0.3, -0.25) is 4.79 Å². The van der Waals surface area contributed by atoms with Gasteiger partial charge in [-0.2, -0.15) is 0 Å². The van der Waals surface area contributed by atoms with E-state index in [1.54, 1.807) is 0 Å². The minimum atomic E-state index is 0.00381. The third kappa shape index (κ3) is 3.85. The molecule has 7 heteroatoms. The van der Waals surface area contributed by atoms with Crippen molar-refractivity contribution in [1.29, 1.82) is 0 Å². The van der Waals surface area contributed by atoms with Gasteiger partial charge < -0.3 is 10.6 Å². The quantitative estimate of drug-likeness (QED) is 0.743. The Morgan fingerprint density at radius 2 is 2.32 bits per heavy atom. The number of hydrogen-bond donors (Lipinski definition) is 2. The minimum absolute atomic E-state index is 0.00381. The van der Waals surface area contributed by atoms with Crippen molar-refractivity contribution in [2.45, 2.75) is 12.8 Å². The van der Waals surface area contributed by atoms with Crippen LogP contribution in [0.2, 0.25) is 0 Å². The molecule has 0 aliphatic heterocycles. The van der Waals surface area contributed by atoms with Gasteiger partial charge in [0.15, 0.2) is 0 Å². The van der Waals surface area contributed by atoms with Gasteiger partial charge in [0, 0.05) is 12.1 Å². The lowest BCUT2D eigenvalue weighted by Gasteiger charge is -2.07. The summed E-state index contributed by atoms with van der Waals surface area (Å²) < 4.78 is 1.54. The number of tetrazole rings is 1. The first-order chi connectivity index (χ1) is 9.29. The summed E-state index contributed by atoms with van der Waals surface area (Å²) in [5.74, 6) is 0.00381. The lowest BCUT2D eigenvalue weighted by Crippen LogP contribution is -2.15. The first-order valence-corrected chi connectivity index (χ1v) is 6.07. The zero-order chi connectivity index (χ0) is 13.5. The lowest BCUT2D eigenvalue weighted by atomic mass is 10.2. The number of amides is 1.